The van der Waals surface area contributed by atoms with Gasteiger partial charge >= 0.3 is 7.67 Å². The van der Waals surface area contributed by atoms with Gasteiger partial charge in [0.1, 0.15) is 0 Å². The number of allylic oxidation sites excluding steroid dienone is 10. The van der Waals surface area contributed by atoms with E-state index in [1.54, 1.807) is 11.8 Å². The topological polar surface area (TPSA) is 70.7 Å². The predicted octanol–water partition coefficient (Wildman–Crippen LogP) is 10.7. The number of rotatable bonds is 24. The number of thioether (sulfide) groups is 1. The van der Waals surface area contributed by atoms with Crippen molar-refractivity contribution in [3.05, 3.63) is 58.2 Å². The van der Waals surface area contributed by atoms with Gasteiger partial charge in [-0.2, -0.15) is 0 Å². The average Bonchev–Trinajstić information content (AvgIpc) is 3.01. The summed E-state index contributed by atoms with van der Waals surface area (Å²) in [6, 6.07) is 0. The lowest BCUT2D eigenvalue weighted by Crippen LogP contribution is -2.42. The maximum atomic E-state index is 13.3. The summed E-state index contributed by atoms with van der Waals surface area (Å²) in [6.45, 7) is 15.0. The first kappa shape index (κ1) is 43.2. The fraction of sp³-hybridized carbons (Fsp3) is 0.694. The first-order chi connectivity index (χ1) is 22.0. The third-order valence-corrected chi connectivity index (χ3v) is 11.9. The lowest BCUT2D eigenvalue weighted by Gasteiger charge is -2.40. The number of hydrogen-bond acceptors (Lipinski definition) is 4. The molecule has 2 atom stereocenters. The number of halogens is 2. The van der Waals surface area contributed by atoms with Gasteiger partial charge in [0.15, 0.2) is 0 Å². The molecular formula is C36H62Cl2N3O3PS. The molecule has 1 rings (SSSR count). The molecule has 1 heterocycles. The van der Waals surface area contributed by atoms with Crippen LogP contribution in [0.25, 0.3) is 0 Å². The minimum absolute atomic E-state index is 0.0194. The van der Waals surface area contributed by atoms with E-state index in [4.69, 9.17) is 27.7 Å². The molecule has 1 aliphatic heterocycles. The Labute approximate surface area is 295 Å². The molecule has 2 N–H and O–H groups in total. The van der Waals surface area contributed by atoms with E-state index < -0.39 is 7.67 Å². The van der Waals surface area contributed by atoms with Crippen LogP contribution in [0.5, 0.6) is 0 Å². The zero-order chi connectivity index (χ0) is 34.2. The minimum atomic E-state index is -3.15. The van der Waals surface area contributed by atoms with Gasteiger partial charge in [-0.25, -0.2) is 9.76 Å². The number of carbonyl (C=O) groups excluding carboxylic acids is 1. The summed E-state index contributed by atoms with van der Waals surface area (Å²) in [7, 11) is -3.15. The van der Waals surface area contributed by atoms with Crippen molar-refractivity contribution in [3.63, 3.8) is 0 Å². The maximum absolute atomic E-state index is 13.3. The van der Waals surface area contributed by atoms with Gasteiger partial charge < -0.3 is 9.84 Å². The smallest absolute Gasteiger partial charge is 0.344 e. The molecule has 1 fully saturated rings. The van der Waals surface area contributed by atoms with Crippen LogP contribution in [0.1, 0.15) is 112 Å². The Kier molecular flexibility index (Phi) is 24.6. The summed E-state index contributed by atoms with van der Waals surface area (Å²) in [5, 5.41) is 6.02. The summed E-state index contributed by atoms with van der Waals surface area (Å²) in [6.07, 6.45) is 22.6. The number of alkyl halides is 2. The van der Waals surface area contributed by atoms with Gasteiger partial charge in [0, 0.05) is 43.6 Å². The third-order valence-electron chi connectivity index (χ3n) is 7.81. The van der Waals surface area contributed by atoms with E-state index in [0.717, 1.165) is 70.0 Å². The van der Waals surface area contributed by atoms with Crippen molar-refractivity contribution in [3.8, 4) is 0 Å². The molecule has 2 unspecified atom stereocenters. The lowest BCUT2D eigenvalue weighted by atomic mass is 10.0. The normalized spacial score (nSPS) is 20.2. The zero-order valence-electron chi connectivity index (χ0n) is 29.5. The number of carbonyl (C=O) groups is 1. The third kappa shape index (κ3) is 20.5. The Morgan fingerprint density at radius 1 is 0.783 bits per heavy atom. The molecule has 1 saturated heterocycles. The number of unbranched alkanes of at least 4 members (excludes halogenated alkanes) is 1. The highest BCUT2D eigenvalue weighted by Gasteiger charge is 2.40. The molecule has 6 nitrogen and oxygen atoms in total. The quantitative estimate of drug-likeness (QED) is 0.0448. The van der Waals surface area contributed by atoms with Gasteiger partial charge in [-0.05, 0) is 106 Å². The standard InChI is InChI=1S/C36H62Cl2N3O3PS/c1-30(2)12-9-15-33(5)18-10-16-31(3)13-7-8-14-32(4)17-11-19-34(6)20-21-35(42)39-26-29-46-36-22-28-44-45(43,40-25-23-37)41(36)27-24-38/h12-14,18-19,36H,7-11,15-17,20-29H2,1-6H3,(H,39,42)(H,40,43)/b31-13+,32-14+,33-18+,34-19+. The van der Waals surface area contributed by atoms with Crippen molar-refractivity contribution in [2.45, 2.75) is 118 Å². The second-order valence-electron chi connectivity index (χ2n) is 12.4. The van der Waals surface area contributed by atoms with Crippen LogP contribution in [-0.4, -0.2) is 59.7 Å². The molecule has 0 spiro atoms. The van der Waals surface area contributed by atoms with E-state index in [1.165, 1.54) is 27.9 Å². The van der Waals surface area contributed by atoms with Gasteiger partial charge in [-0.1, -0.05) is 58.2 Å². The van der Waals surface area contributed by atoms with E-state index in [9.17, 15) is 9.36 Å². The van der Waals surface area contributed by atoms with Crippen molar-refractivity contribution < 1.29 is 13.9 Å². The van der Waals surface area contributed by atoms with E-state index in [-0.39, 0.29) is 11.3 Å². The van der Waals surface area contributed by atoms with Crippen LogP contribution in [0.2, 0.25) is 0 Å². The molecule has 0 radical (unpaired) electrons. The summed E-state index contributed by atoms with van der Waals surface area (Å²) in [5.41, 5.74) is 7.07. The van der Waals surface area contributed by atoms with Crippen molar-refractivity contribution >= 4 is 48.5 Å². The van der Waals surface area contributed by atoms with Crippen LogP contribution in [0, 0.1) is 0 Å². The van der Waals surface area contributed by atoms with Crippen LogP contribution in [0.15, 0.2) is 58.2 Å². The van der Waals surface area contributed by atoms with Crippen molar-refractivity contribution in [2.75, 3.05) is 43.8 Å². The highest BCUT2D eigenvalue weighted by Crippen LogP contribution is 2.53. The van der Waals surface area contributed by atoms with Crippen molar-refractivity contribution in [1.82, 2.24) is 15.1 Å². The van der Waals surface area contributed by atoms with Gasteiger partial charge in [0.05, 0.1) is 12.0 Å². The average molecular weight is 719 g/mol. The molecule has 264 valence electrons. The summed E-state index contributed by atoms with van der Waals surface area (Å²) >= 11 is 13.4. The number of amides is 1. The van der Waals surface area contributed by atoms with E-state index in [1.807, 2.05) is 4.67 Å². The molecule has 0 aromatic carbocycles. The van der Waals surface area contributed by atoms with E-state index in [0.29, 0.717) is 44.4 Å². The molecule has 0 aromatic heterocycles. The Morgan fingerprint density at radius 3 is 1.87 bits per heavy atom. The number of hydrogen-bond donors (Lipinski definition) is 2. The minimum Gasteiger partial charge on any atom is -0.355 e. The summed E-state index contributed by atoms with van der Waals surface area (Å²) < 4.78 is 20.7. The zero-order valence-corrected chi connectivity index (χ0v) is 32.7. The fourth-order valence-corrected chi connectivity index (χ4v) is 9.17. The molecule has 0 aliphatic carbocycles. The lowest BCUT2D eigenvalue weighted by molar-refractivity contribution is -0.120. The molecule has 0 aromatic rings. The van der Waals surface area contributed by atoms with E-state index in [2.05, 4.69) is 82.3 Å². The molecule has 10 heteroatoms. The van der Waals surface area contributed by atoms with E-state index >= 15 is 0 Å². The SMILES string of the molecule is CC(C)=CCC/C(C)=C/CC/C(C)=C/CC/C=C(\C)CC/C=C(\C)CCC(=O)NCCSC1CCOP(=O)(NCCCl)N1CCCl. The Bertz CT molecular complexity index is 1090. The highest BCUT2D eigenvalue weighted by atomic mass is 35.5. The van der Waals surface area contributed by atoms with Crippen LogP contribution >= 0.6 is 42.6 Å². The van der Waals surface area contributed by atoms with Gasteiger partial charge in [-0.3, -0.25) is 9.36 Å². The predicted molar refractivity (Wildman–Crippen MR) is 204 cm³/mol. The molecule has 1 amide bonds. The van der Waals surface area contributed by atoms with Crippen molar-refractivity contribution in [1.29, 1.82) is 0 Å². The summed E-state index contributed by atoms with van der Waals surface area (Å²) in [5.74, 6) is 1.51. The van der Waals surface area contributed by atoms with Gasteiger partial charge in [-0.15, -0.1) is 35.0 Å². The fourth-order valence-electron chi connectivity index (χ4n) is 5.05. The molecule has 0 saturated carbocycles. The van der Waals surface area contributed by atoms with Crippen LogP contribution in [0.4, 0.5) is 0 Å². The second kappa shape index (κ2) is 26.1. The Morgan fingerprint density at radius 2 is 1.33 bits per heavy atom. The van der Waals surface area contributed by atoms with Crippen LogP contribution in [-0.2, 0) is 13.9 Å². The maximum Gasteiger partial charge on any atom is 0.344 e. The second-order valence-corrected chi connectivity index (χ2v) is 16.6. The Hall–Kier alpha value is -0.790. The summed E-state index contributed by atoms with van der Waals surface area (Å²) in [4.78, 5) is 12.4. The monoisotopic (exact) mass is 717 g/mol. The molecular weight excluding hydrogens is 656 g/mol. The first-order valence-corrected chi connectivity index (χ1v) is 20.7. The first-order valence-electron chi connectivity index (χ1n) is 17.0. The number of nitrogens with zero attached hydrogens (tertiary/aromatic N) is 1. The van der Waals surface area contributed by atoms with Gasteiger partial charge in [0.2, 0.25) is 5.91 Å². The largest absolute Gasteiger partial charge is 0.355 e. The molecule has 46 heavy (non-hydrogen) atoms. The number of nitrogens with one attached hydrogen (secondary N) is 2. The molecule has 1 aliphatic rings. The Balaban J connectivity index is 2.26. The van der Waals surface area contributed by atoms with Gasteiger partial charge in [0.25, 0.3) is 0 Å². The molecule has 0 bridgehead atoms. The highest BCUT2D eigenvalue weighted by molar-refractivity contribution is 8.00. The van der Waals surface area contributed by atoms with Crippen LogP contribution < -0.4 is 10.4 Å². The van der Waals surface area contributed by atoms with Crippen molar-refractivity contribution in [2.24, 2.45) is 0 Å². The van der Waals surface area contributed by atoms with Crippen LogP contribution in [0.3, 0.4) is 0 Å².